The molecule has 0 unspecified atom stereocenters. The molecule has 0 spiro atoms. The largest absolute Gasteiger partial charge is 0.390 e. The Morgan fingerprint density at radius 1 is 1.37 bits per heavy atom. The van der Waals surface area contributed by atoms with Crippen molar-refractivity contribution in [2.75, 3.05) is 7.05 Å². The van der Waals surface area contributed by atoms with Crippen LogP contribution < -0.4 is 5.32 Å². The molecule has 0 aliphatic heterocycles. The summed E-state index contributed by atoms with van der Waals surface area (Å²) in [6.07, 6.45) is 2.79. The molecule has 0 amide bonds. The highest BCUT2D eigenvalue weighted by molar-refractivity contribution is 9.10. The minimum atomic E-state index is -1.00. The molecule has 0 heterocycles. The molecular weight excluding hydrogens is 316 g/mol. The molecule has 1 aliphatic carbocycles. The van der Waals surface area contributed by atoms with Crippen molar-refractivity contribution in [2.24, 2.45) is 0 Å². The van der Waals surface area contributed by atoms with Gasteiger partial charge in [-0.1, -0.05) is 0 Å². The van der Waals surface area contributed by atoms with Crippen molar-refractivity contribution >= 4 is 15.9 Å². The lowest BCUT2D eigenvalue weighted by molar-refractivity contribution is -0.00381. The lowest BCUT2D eigenvalue weighted by Crippen LogP contribution is -2.41. The van der Waals surface area contributed by atoms with Crippen LogP contribution >= 0.6 is 15.9 Å². The van der Waals surface area contributed by atoms with E-state index in [0.29, 0.717) is 18.9 Å². The maximum absolute atomic E-state index is 13.9. The molecule has 0 saturated heterocycles. The molecule has 2 nitrogen and oxygen atoms in total. The fraction of sp³-hybridized carbons (Fsp3) is 0.571. The van der Waals surface area contributed by atoms with Crippen LogP contribution in [0.3, 0.4) is 0 Å². The van der Waals surface area contributed by atoms with Crippen molar-refractivity contribution in [3.05, 3.63) is 33.8 Å². The van der Waals surface area contributed by atoms with Gasteiger partial charge in [-0.05, 0) is 60.8 Å². The molecule has 1 fully saturated rings. The third-order valence-electron chi connectivity index (χ3n) is 3.97. The summed E-state index contributed by atoms with van der Waals surface area (Å²) in [5, 5.41) is 13.7. The standard InChI is InChI=1S/C14H18BrF2NO/c1-18-9-4-6-14(19,7-5-9)8-10-12(16)3-2-11(15)13(10)17/h2-3,9,18-19H,4-8H2,1H3. The molecule has 1 aromatic carbocycles. The SMILES string of the molecule is CNC1CCC(O)(Cc2c(F)ccc(Br)c2F)CC1. The summed E-state index contributed by atoms with van der Waals surface area (Å²) >= 11 is 3.05. The number of rotatable bonds is 3. The van der Waals surface area contributed by atoms with E-state index in [4.69, 9.17) is 0 Å². The van der Waals surface area contributed by atoms with E-state index >= 15 is 0 Å². The molecule has 1 aromatic rings. The summed E-state index contributed by atoms with van der Waals surface area (Å²) in [4.78, 5) is 0. The Morgan fingerprint density at radius 2 is 2.00 bits per heavy atom. The van der Waals surface area contributed by atoms with Gasteiger partial charge < -0.3 is 10.4 Å². The zero-order chi connectivity index (χ0) is 14.0. The smallest absolute Gasteiger partial charge is 0.143 e. The minimum Gasteiger partial charge on any atom is -0.390 e. The molecule has 0 bridgehead atoms. The maximum Gasteiger partial charge on any atom is 0.143 e. The Morgan fingerprint density at radius 3 is 2.58 bits per heavy atom. The van der Waals surface area contributed by atoms with E-state index in [1.54, 1.807) is 0 Å². The van der Waals surface area contributed by atoms with Crippen LogP contribution in [0.25, 0.3) is 0 Å². The third kappa shape index (κ3) is 3.33. The quantitative estimate of drug-likeness (QED) is 0.833. The van der Waals surface area contributed by atoms with E-state index in [1.807, 2.05) is 7.05 Å². The number of halogens is 3. The van der Waals surface area contributed by atoms with Gasteiger partial charge in [-0.25, -0.2) is 8.78 Å². The van der Waals surface area contributed by atoms with Gasteiger partial charge in [0.05, 0.1) is 10.1 Å². The lowest BCUT2D eigenvalue weighted by atomic mass is 9.78. The van der Waals surface area contributed by atoms with Crippen LogP contribution in [0.5, 0.6) is 0 Å². The Hall–Kier alpha value is -0.520. The summed E-state index contributed by atoms with van der Waals surface area (Å²) in [7, 11) is 1.89. The molecule has 0 radical (unpaired) electrons. The average molecular weight is 334 g/mol. The van der Waals surface area contributed by atoms with Gasteiger partial charge in [0, 0.05) is 18.0 Å². The number of hydrogen-bond acceptors (Lipinski definition) is 2. The number of hydrogen-bond donors (Lipinski definition) is 2. The monoisotopic (exact) mass is 333 g/mol. The van der Waals surface area contributed by atoms with E-state index in [9.17, 15) is 13.9 Å². The first kappa shape index (κ1) is 14.9. The predicted octanol–water partition coefficient (Wildman–Crippen LogP) is 3.16. The summed E-state index contributed by atoms with van der Waals surface area (Å²) in [6.45, 7) is 0. The van der Waals surface area contributed by atoms with E-state index in [-0.39, 0.29) is 16.5 Å². The van der Waals surface area contributed by atoms with Gasteiger partial charge in [0.15, 0.2) is 0 Å². The van der Waals surface area contributed by atoms with E-state index < -0.39 is 17.2 Å². The highest BCUT2D eigenvalue weighted by Gasteiger charge is 2.34. The molecule has 0 atom stereocenters. The Kier molecular flexibility index (Phi) is 4.58. The van der Waals surface area contributed by atoms with Crippen molar-refractivity contribution < 1.29 is 13.9 Å². The third-order valence-corrected chi connectivity index (χ3v) is 4.58. The molecule has 1 saturated carbocycles. The molecule has 2 N–H and O–H groups in total. The van der Waals surface area contributed by atoms with Gasteiger partial charge in [-0.3, -0.25) is 0 Å². The van der Waals surface area contributed by atoms with Crippen LogP contribution in [-0.2, 0) is 6.42 Å². The fourth-order valence-electron chi connectivity index (χ4n) is 2.68. The van der Waals surface area contributed by atoms with Crippen LogP contribution in [-0.4, -0.2) is 23.8 Å². The van der Waals surface area contributed by atoms with Gasteiger partial charge in [-0.2, -0.15) is 0 Å². The molecule has 0 aromatic heterocycles. The minimum absolute atomic E-state index is 0.0280. The zero-order valence-corrected chi connectivity index (χ0v) is 12.4. The highest BCUT2D eigenvalue weighted by Crippen LogP contribution is 2.34. The van der Waals surface area contributed by atoms with Crippen LogP contribution in [0.4, 0.5) is 8.78 Å². The highest BCUT2D eigenvalue weighted by atomic mass is 79.9. The van der Waals surface area contributed by atoms with Crippen molar-refractivity contribution in [1.29, 1.82) is 0 Å². The van der Waals surface area contributed by atoms with Crippen LogP contribution in [0.15, 0.2) is 16.6 Å². The lowest BCUT2D eigenvalue weighted by Gasteiger charge is -2.36. The van der Waals surface area contributed by atoms with E-state index in [2.05, 4.69) is 21.2 Å². The topological polar surface area (TPSA) is 32.3 Å². The van der Waals surface area contributed by atoms with Gasteiger partial charge in [0.25, 0.3) is 0 Å². The molecular formula is C14H18BrF2NO. The van der Waals surface area contributed by atoms with Crippen LogP contribution in [0, 0.1) is 11.6 Å². The summed E-state index contributed by atoms with van der Waals surface area (Å²) in [6, 6.07) is 2.96. The number of benzene rings is 1. The first-order valence-electron chi connectivity index (χ1n) is 6.47. The van der Waals surface area contributed by atoms with E-state index in [0.717, 1.165) is 12.8 Å². The maximum atomic E-state index is 13.9. The van der Waals surface area contributed by atoms with E-state index in [1.165, 1.54) is 12.1 Å². The average Bonchev–Trinajstić information content (AvgIpc) is 2.40. The predicted molar refractivity (Wildman–Crippen MR) is 74.0 cm³/mol. The number of aliphatic hydroxyl groups is 1. The molecule has 1 aliphatic rings. The molecule has 19 heavy (non-hydrogen) atoms. The first-order chi connectivity index (χ1) is 8.95. The van der Waals surface area contributed by atoms with Gasteiger partial charge in [0.1, 0.15) is 11.6 Å². The van der Waals surface area contributed by atoms with Crippen molar-refractivity contribution in [3.63, 3.8) is 0 Å². The summed E-state index contributed by atoms with van der Waals surface area (Å²) in [5.41, 5.74) is -1.03. The van der Waals surface area contributed by atoms with Crippen molar-refractivity contribution in [3.8, 4) is 0 Å². The zero-order valence-electron chi connectivity index (χ0n) is 10.8. The Balaban J connectivity index is 2.15. The van der Waals surface area contributed by atoms with Crippen LogP contribution in [0.1, 0.15) is 31.2 Å². The van der Waals surface area contributed by atoms with Crippen molar-refractivity contribution in [1.82, 2.24) is 5.32 Å². The van der Waals surface area contributed by atoms with Gasteiger partial charge >= 0.3 is 0 Å². The summed E-state index contributed by atoms with van der Waals surface area (Å²) in [5.74, 6) is -1.20. The molecule has 5 heteroatoms. The second-order valence-corrected chi connectivity index (χ2v) is 6.14. The second-order valence-electron chi connectivity index (χ2n) is 5.29. The fourth-order valence-corrected chi connectivity index (χ4v) is 3.05. The summed E-state index contributed by atoms with van der Waals surface area (Å²) < 4.78 is 27.9. The van der Waals surface area contributed by atoms with Gasteiger partial charge in [-0.15, -0.1) is 0 Å². The van der Waals surface area contributed by atoms with Crippen molar-refractivity contribution in [2.45, 2.75) is 43.7 Å². The normalized spacial score (nSPS) is 27.5. The Labute approximate surface area is 120 Å². The number of nitrogens with one attached hydrogen (secondary N) is 1. The first-order valence-corrected chi connectivity index (χ1v) is 7.26. The second kappa shape index (κ2) is 5.85. The van der Waals surface area contributed by atoms with Crippen LogP contribution in [0.2, 0.25) is 0 Å². The molecule has 106 valence electrons. The Bertz CT molecular complexity index is 459. The molecule has 2 rings (SSSR count). The van der Waals surface area contributed by atoms with Gasteiger partial charge in [0.2, 0.25) is 0 Å².